The van der Waals surface area contributed by atoms with E-state index in [2.05, 4.69) is 15.7 Å². The van der Waals surface area contributed by atoms with Crippen molar-refractivity contribution < 1.29 is 4.79 Å². The Morgan fingerprint density at radius 3 is 2.79 bits per heavy atom. The molecule has 1 N–H and O–H groups in total. The van der Waals surface area contributed by atoms with Crippen LogP contribution in [0.4, 0.5) is 0 Å². The number of nitrogens with zero attached hydrogens (tertiary/aromatic N) is 1. The average Bonchev–Trinajstić information content (AvgIpc) is 2.83. The van der Waals surface area contributed by atoms with Gasteiger partial charge in [-0.15, -0.1) is 11.3 Å². The summed E-state index contributed by atoms with van der Waals surface area (Å²) in [5, 5.41) is 5.75. The van der Waals surface area contributed by atoms with Crippen LogP contribution in [0, 0.1) is 5.92 Å². The summed E-state index contributed by atoms with van der Waals surface area (Å²) in [6.45, 7) is 0. The lowest BCUT2D eigenvalue weighted by atomic mass is 9.86. The van der Waals surface area contributed by atoms with E-state index in [-0.39, 0.29) is 5.91 Å². The number of hydrogen-bond donors (Lipinski definition) is 1. The summed E-state index contributed by atoms with van der Waals surface area (Å²) in [5.74, 6) is 2.90. The molecule has 0 aromatic carbocycles. The van der Waals surface area contributed by atoms with Crippen LogP contribution < -0.4 is 5.32 Å². The van der Waals surface area contributed by atoms with Gasteiger partial charge in [-0.2, -0.15) is 11.8 Å². The second kappa shape index (κ2) is 6.27. The van der Waals surface area contributed by atoms with Crippen LogP contribution in [0.1, 0.15) is 47.6 Å². The highest BCUT2D eigenvalue weighted by Gasteiger charge is 2.22. The van der Waals surface area contributed by atoms with Crippen molar-refractivity contribution in [1.29, 1.82) is 0 Å². The van der Waals surface area contributed by atoms with Crippen molar-refractivity contribution in [2.75, 3.05) is 11.5 Å². The predicted molar refractivity (Wildman–Crippen MR) is 81.0 cm³/mol. The van der Waals surface area contributed by atoms with Crippen LogP contribution in [0.5, 0.6) is 0 Å². The number of carbonyl (C=O) groups excluding carboxylic acids is 1. The third kappa shape index (κ3) is 3.51. The van der Waals surface area contributed by atoms with Gasteiger partial charge >= 0.3 is 0 Å². The number of rotatable bonds is 4. The minimum absolute atomic E-state index is 0.0187. The van der Waals surface area contributed by atoms with Crippen LogP contribution in [0.3, 0.4) is 0 Å². The molecule has 0 bridgehead atoms. The first-order valence-corrected chi connectivity index (χ1v) is 9.18. The van der Waals surface area contributed by atoms with Gasteiger partial charge < -0.3 is 5.32 Å². The van der Waals surface area contributed by atoms with Gasteiger partial charge in [0.1, 0.15) is 0 Å². The summed E-state index contributed by atoms with van der Waals surface area (Å²) >= 11 is 3.37. The zero-order valence-electron chi connectivity index (χ0n) is 11.1. The van der Waals surface area contributed by atoms with Gasteiger partial charge in [0.2, 0.25) is 0 Å². The van der Waals surface area contributed by atoms with Crippen LogP contribution >= 0.6 is 23.1 Å². The molecule has 2 aliphatic rings. The molecule has 1 aliphatic heterocycles. The highest BCUT2D eigenvalue weighted by Crippen LogP contribution is 2.27. The molecule has 1 saturated heterocycles. The quantitative estimate of drug-likeness (QED) is 0.928. The maximum atomic E-state index is 12.0. The van der Waals surface area contributed by atoms with Gasteiger partial charge in [0.05, 0.1) is 5.69 Å². The highest BCUT2D eigenvalue weighted by molar-refractivity contribution is 8.00. The summed E-state index contributed by atoms with van der Waals surface area (Å²) in [7, 11) is 0. The minimum atomic E-state index is 0.0187. The van der Waals surface area contributed by atoms with Crippen molar-refractivity contribution in [1.82, 2.24) is 10.3 Å². The van der Waals surface area contributed by atoms with Gasteiger partial charge in [-0.05, 0) is 12.3 Å². The first-order valence-electron chi connectivity index (χ1n) is 7.14. The Balaban J connectivity index is 1.54. The van der Waals surface area contributed by atoms with E-state index in [4.69, 9.17) is 0 Å². The van der Waals surface area contributed by atoms with Crippen LogP contribution in [-0.4, -0.2) is 28.4 Å². The first-order chi connectivity index (χ1) is 9.31. The summed E-state index contributed by atoms with van der Waals surface area (Å²) < 4.78 is 0. The Morgan fingerprint density at radius 1 is 1.32 bits per heavy atom. The van der Waals surface area contributed by atoms with Gasteiger partial charge in [0.15, 0.2) is 5.01 Å². The molecule has 2 fully saturated rings. The molecule has 1 aromatic heterocycles. The first kappa shape index (κ1) is 13.4. The maximum Gasteiger partial charge on any atom is 0.280 e. The smallest absolute Gasteiger partial charge is 0.280 e. The van der Waals surface area contributed by atoms with E-state index in [1.54, 1.807) is 0 Å². The summed E-state index contributed by atoms with van der Waals surface area (Å²) in [5.41, 5.74) is 1.12. The standard InChI is InChI=1S/C14H20N2OS2/c17-13(15-12-7-18-8-12)14-16-11(9-19-14)6-10-4-2-1-3-5-10/h9-10,12H,1-8H2,(H,15,17). The van der Waals surface area contributed by atoms with Crippen molar-refractivity contribution in [3.63, 3.8) is 0 Å². The second-order valence-corrected chi connectivity index (χ2v) is 7.49. The molecule has 0 atom stereocenters. The topological polar surface area (TPSA) is 42.0 Å². The lowest BCUT2D eigenvalue weighted by Crippen LogP contribution is -2.43. The van der Waals surface area contributed by atoms with Gasteiger partial charge in [-0.1, -0.05) is 32.1 Å². The fourth-order valence-corrected chi connectivity index (χ4v) is 4.13. The third-order valence-corrected chi connectivity index (χ3v) is 6.11. The van der Waals surface area contributed by atoms with Crippen molar-refractivity contribution in [3.8, 4) is 0 Å². The van der Waals surface area contributed by atoms with Gasteiger partial charge in [-0.3, -0.25) is 4.79 Å². The Bertz CT molecular complexity index is 436. The molecule has 0 unspecified atom stereocenters. The molecule has 3 rings (SSSR count). The van der Waals surface area contributed by atoms with E-state index in [0.717, 1.165) is 29.5 Å². The van der Waals surface area contributed by atoms with Crippen LogP contribution in [-0.2, 0) is 6.42 Å². The fourth-order valence-electron chi connectivity index (χ4n) is 2.76. The Kier molecular flexibility index (Phi) is 4.43. The van der Waals surface area contributed by atoms with Crippen molar-refractivity contribution in [2.45, 2.75) is 44.6 Å². The molecule has 3 nitrogen and oxygen atoms in total. The summed E-state index contributed by atoms with van der Waals surface area (Å²) in [6, 6.07) is 0.364. The van der Waals surface area contributed by atoms with Gasteiger partial charge in [0, 0.05) is 22.9 Å². The third-order valence-electron chi connectivity index (χ3n) is 3.94. The van der Waals surface area contributed by atoms with Gasteiger partial charge in [-0.25, -0.2) is 4.98 Å². The lowest BCUT2D eigenvalue weighted by Gasteiger charge is -2.25. The lowest BCUT2D eigenvalue weighted by molar-refractivity contribution is 0.0942. The number of amides is 1. The number of carbonyl (C=O) groups is 1. The Labute approximate surface area is 122 Å². The monoisotopic (exact) mass is 296 g/mol. The van der Waals surface area contributed by atoms with Crippen LogP contribution in [0.15, 0.2) is 5.38 Å². The SMILES string of the molecule is O=C(NC1CSC1)c1nc(CC2CCCCC2)cs1. The number of hydrogen-bond acceptors (Lipinski definition) is 4. The highest BCUT2D eigenvalue weighted by atomic mass is 32.2. The minimum Gasteiger partial charge on any atom is -0.346 e. The zero-order valence-corrected chi connectivity index (χ0v) is 12.7. The number of aromatic nitrogens is 1. The van der Waals surface area contributed by atoms with E-state index in [0.29, 0.717) is 11.0 Å². The number of nitrogens with one attached hydrogen (secondary N) is 1. The molecule has 1 aromatic rings. The molecular weight excluding hydrogens is 276 g/mol. The van der Waals surface area contributed by atoms with E-state index >= 15 is 0 Å². The van der Waals surface area contributed by atoms with Crippen LogP contribution in [0.25, 0.3) is 0 Å². The van der Waals surface area contributed by atoms with Gasteiger partial charge in [0.25, 0.3) is 5.91 Å². The molecule has 1 amide bonds. The Hall–Kier alpha value is -0.550. The molecule has 19 heavy (non-hydrogen) atoms. The largest absolute Gasteiger partial charge is 0.346 e. The van der Waals surface area contributed by atoms with Crippen LogP contribution in [0.2, 0.25) is 0 Å². The predicted octanol–water partition coefficient (Wildman–Crippen LogP) is 3.11. The normalized spacial score (nSPS) is 21.1. The van der Waals surface area contributed by atoms with E-state index in [1.165, 1.54) is 43.4 Å². The molecule has 0 radical (unpaired) electrons. The number of thiazole rings is 1. The maximum absolute atomic E-state index is 12.0. The van der Waals surface area contributed by atoms with E-state index in [9.17, 15) is 4.79 Å². The molecule has 1 aliphatic carbocycles. The van der Waals surface area contributed by atoms with Crippen molar-refractivity contribution in [2.24, 2.45) is 5.92 Å². The molecule has 104 valence electrons. The Morgan fingerprint density at radius 2 is 2.11 bits per heavy atom. The number of thioether (sulfide) groups is 1. The summed E-state index contributed by atoms with van der Waals surface area (Å²) in [4.78, 5) is 16.5. The molecule has 1 saturated carbocycles. The summed E-state index contributed by atoms with van der Waals surface area (Å²) in [6.07, 6.45) is 7.84. The second-order valence-electron chi connectivity index (χ2n) is 5.56. The van der Waals surface area contributed by atoms with Crippen molar-refractivity contribution in [3.05, 3.63) is 16.1 Å². The zero-order chi connectivity index (χ0) is 13.1. The molecule has 2 heterocycles. The molecule has 5 heteroatoms. The molecular formula is C14H20N2OS2. The van der Waals surface area contributed by atoms with Crippen molar-refractivity contribution >= 4 is 29.0 Å². The average molecular weight is 296 g/mol. The van der Waals surface area contributed by atoms with E-state index in [1.807, 2.05) is 11.8 Å². The van der Waals surface area contributed by atoms with E-state index < -0.39 is 0 Å². The molecule has 0 spiro atoms. The fraction of sp³-hybridized carbons (Fsp3) is 0.714.